The van der Waals surface area contributed by atoms with Crippen molar-refractivity contribution < 1.29 is 0 Å². The normalized spacial score (nSPS) is 10.7. The highest BCUT2D eigenvalue weighted by atomic mass is 79.9. The zero-order valence-corrected chi connectivity index (χ0v) is 13.3. The molecule has 0 aliphatic rings. The zero-order chi connectivity index (χ0) is 13.3. The lowest BCUT2D eigenvalue weighted by atomic mass is 10.1. The van der Waals surface area contributed by atoms with Gasteiger partial charge in [-0.15, -0.1) is 0 Å². The van der Waals surface area contributed by atoms with Crippen LogP contribution in [-0.2, 0) is 6.42 Å². The fourth-order valence-electron chi connectivity index (χ4n) is 1.75. The third kappa shape index (κ3) is 2.57. The molecular weight excluding hydrogens is 358 g/mol. The van der Waals surface area contributed by atoms with E-state index in [2.05, 4.69) is 41.8 Å². The lowest BCUT2D eigenvalue weighted by Gasteiger charge is -2.09. The number of aromatic nitrogens is 2. The molecule has 18 heavy (non-hydrogen) atoms. The summed E-state index contributed by atoms with van der Waals surface area (Å²) >= 11 is 6.87. The summed E-state index contributed by atoms with van der Waals surface area (Å²) in [7, 11) is 0. The first-order valence-electron chi connectivity index (χ1n) is 5.61. The Bertz CT molecular complexity index is 597. The first kappa shape index (κ1) is 13.5. The quantitative estimate of drug-likeness (QED) is 0.864. The number of rotatable bonds is 2. The average Bonchev–Trinajstić information content (AvgIpc) is 2.32. The molecule has 0 saturated carbocycles. The van der Waals surface area contributed by atoms with Crippen molar-refractivity contribution in [1.29, 1.82) is 0 Å². The van der Waals surface area contributed by atoms with Crippen LogP contribution in [0.3, 0.4) is 0 Å². The molecule has 0 saturated heterocycles. The molecule has 2 N–H and O–H groups in total. The Morgan fingerprint density at radius 2 is 1.94 bits per heavy atom. The monoisotopic (exact) mass is 369 g/mol. The first-order valence-corrected chi connectivity index (χ1v) is 7.20. The van der Waals surface area contributed by atoms with Crippen molar-refractivity contribution in [3.63, 3.8) is 0 Å². The summed E-state index contributed by atoms with van der Waals surface area (Å²) in [6.07, 6.45) is 0.815. The zero-order valence-electron chi connectivity index (χ0n) is 10.2. The Morgan fingerprint density at radius 1 is 1.22 bits per heavy atom. The van der Waals surface area contributed by atoms with E-state index in [1.165, 1.54) is 0 Å². The number of nitrogens with zero attached hydrogens (tertiary/aromatic N) is 2. The van der Waals surface area contributed by atoms with Gasteiger partial charge in [-0.05, 0) is 53.0 Å². The van der Waals surface area contributed by atoms with Crippen molar-refractivity contribution in [2.75, 3.05) is 5.73 Å². The van der Waals surface area contributed by atoms with Crippen LogP contribution in [0.5, 0.6) is 0 Å². The molecule has 1 aromatic carbocycles. The maximum Gasteiger partial charge on any atom is 0.162 e. The van der Waals surface area contributed by atoms with Crippen molar-refractivity contribution in [3.05, 3.63) is 38.4 Å². The SMILES string of the molecule is CCc1nc(-c2ccc(Br)cc2C)nc(N)c1Br. The van der Waals surface area contributed by atoms with Crippen LogP contribution in [-0.4, -0.2) is 9.97 Å². The third-order valence-electron chi connectivity index (χ3n) is 2.71. The highest BCUT2D eigenvalue weighted by molar-refractivity contribution is 9.10. The number of benzene rings is 1. The number of aryl methyl sites for hydroxylation is 2. The maximum atomic E-state index is 5.91. The van der Waals surface area contributed by atoms with Gasteiger partial charge in [0.1, 0.15) is 5.82 Å². The largest absolute Gasteiger partial charge is 0.383 e. The molecule has 0 aliphatic heterocycles. The van der Waals surface area contributed by atoms with Crippen molar-refractivity contribution in [1.82, 2.24) is 9.97 Å². The molecule has 0 radical (unpaired) electrons. The van der Waals surface area contributed by atoms with Crippen LogP contribution < -0.4 is 5.73 Å². The van der Waals surface area contributed by atoms with E-state index in [-0.39, 0.29) is 0 Å². The minimum atomic E-state index is 0.485. The predicted molar refractivity (Wildman–Crippen MR) is 81.4 cm³/mol. The molecule has 1 heterocycles. The third-order valence-corrected chi connectivity index (χ3v) is 4.07. The van der Waals surface area contributed by atoms with Gasteiger partial charge in [-0.3, -0.25) is 0 Å². The van der Waals surface area contributed by atoms with Gasteiger partial charge in [0.25, 0.3) is 0 Å². The Labute approximate surface area is 123 Å². The van der Waals surface area contributed by atoms with E-state index in [1.54, 1.807) is 0 Å². The topological polar surface area (TPSA) is 51.8 Å². The molecule has 0 bridgehead atoms. The fraction of sp³-hybridized carbons (Fsp3) is 0.231. The van der Waals surface area contributed by atoms with E-state index in [0.717, 1.165) is 32.2 Å². The van der Waals surface area contributed by atoms with Crippen LogP contribution in [0.1, 0.15) is 18.2 Å². The van der Waals surface area contributed by atoms with Gasteiger partial charge in [0.15, 0.2) is 5.82 Å². The van der Waals surface area contributed by atoms with E-state index in [1.807, 2.05) is 32.0 Å². The Balaban J connectivity index is 2.60. The number of nitrogen functional groups attached to an aromatic ring is 1. The minimum absolute atomic E-state index is 0.485. The number of halogens is 2. The smallest absolute Gasteiger partial charge is 0.162 e. The standard InChI is InChI=1S/C13H13Br2N3/c1-3-10-11(15)12(16)18-13(17-10)9-5-4-8(14)6-7(9)2/h4-6H,3H2,1-2H3,(H2,16,17,18). The second-order valence-electron chi connectivity index (χ2n) is 4.01. The van der Waals surface area contributed by atoms with E-state index < -0.39 is 0 Å². The molecule has 3 nitrogen and oxygen atoms in total. The molecule has 0 aliphatic carbocycles. The van der Waals surface area contributed by atoms with Crippen molar-refractivity contribution in [2.45, 2.75) is 20.3 Å². The van der Waals surface area contributed by atoms with Gasteiger partial charge < -0.3 is 5.73 Å². The second-order valence-corrected chi connectivity index (χ2v) is 5.71. The molecule has 0 atom stereocenters. The molecule has 0 unspecified atom stereocenters. The molecule has 94 valence electrons. The van der Waals surface area contributed by atoms with Gasteiger partial charge in [0, 0.05) is 10.0 Å². The Morgan fingerprint density at radius 3 is 2.56 bits per heavy atom. The van der Waals surface area contributed by atoms with Crippen LogP contribution in [0.4, 0.5) is 5.82 Å². The van der Waals surface area contributed by atoms with Gasteiger partial charge >= 0.3 is 0 Å². The molecule has 5 heteroatoms. The van der Waals surface area contributed by atoms with E-state index in [0.29, 0.717) is 11.6 Å². The lowest BCUT2D eigenvalue weighted by Crippen LogP contribution is -2.02. The summed E-state index contributed by atoms with van der Waals surface area (Å²) < 4.78 is 1.84. The molecule has 0 fully saturated rings. The second kappa shape index (κ2) is 5.36. The van der Waals surface area contributed by atoms with Crippen LogP contribution in [0.25, 0.3) is 11.4 Å². The molecular formula is C13H13Br2N3. The van der Waals surface area contributed by atoms with Crippen LogP contribution in [0, 0.1) is 6.92 Å². The fourth-order valence-corrected chi connectivity index (χ4v) is 2.68. The number of hydrogen-bond donors (Lipinski definition) is 1. The van der Waals surface area contributed by atoms with Gasteiger partial charge in [0.2, 0.25) is 0 Å². The summed E-state index contributed by atoms with van der Waals surface area (Å²) in [5.41, 5.74) is 8.96. The highest BCUT2D eigenvalue weighted by Crippen LogP contribution is 2.28. The van der Waals surface area contributed by atoms with Gasteiger partial charge in [0.05, 0.1) is 10.2 Å². The van der Waals surface area contributed by atoms with Gasteiger partial charge in [-0.2, -0.15) is 0 Å². The highest BCUT2D eigenvalue weighted by Gasteiger charge is 2.11. The van der Waals surface area contributed by atoms with Crippen LogP contribution in [0.15, 0.2) is 27.1 Å². The molecule has 0 amide bonds. The van der Waals surface area contributed by atoms with Crippen molar-refractivity contribution in [2.24, 2.45) is 0 Å². The van der Waals surface area contributed by atoms with E-state index >= 15 is 0 Å². The van der Waals surface area contributed by atoms with Crippen molar-refractivity contribution in [3.8, 4) is 11.4 Å². The molecule has 2 aromatic rings. The predicted octanol–water partition coefficient (Wildman–Crippen LogP) is 4.12. The summed E-state index contributed by atoms with van der Waals surface area (Å²) in [6.45, 7) is 4.08. The summed E-state index contributed by atoms with van der Waals surface area (Å²) in [4.78, 5) is 8.91. The van der Waals surface area contributed by atoms with Gasteiger partial charge in [-0.25, -0.2) is 9.97 Å². The van der Waals surface area contributed by atoms with E-state index in [4.69, 9.17) is 5.73 Å². The lowest BCUT2D eigenvalue weighted by molar-refractivity contribution is 0.994. The molecule has 1 aromatic heterocycles. The maximum absolute atomic E-state index is 5.91. The van der Waals surface area contributed by atoms with Gasteiger partial charge in [-0.1, -0.05) is 22.9 Å². The summed E-state index contributed by atoms with van der Waals surface area (Å²) in [6, 6.07) is 6.03. The Hall–Kier alpha value is -0.940. The molecule has 2 rings (SSSR count). The number of anilines is 1. The number of hydrogen-bond acceptors (Lipinski definition) is 3. The minimum Gasteiger partial charge on any atom is -0.383 e. The van der Waals surface area contributed by atoms with Crippen molar-refractivity contribution >= 4 is 37.7 Å². The average molecular weight is 371 g/mol. The number of nitrogens with two attached hydrogens (primary N) is 1. The Kier molecular flexibility index (Phi) is 4.02. The van der Waals surface area contributed by atoms with Crippen LogP contribution in [0.2, 0.25) is 0 Å². The van der Waals surface area contributed by atoms with E-state index in [9.17, 15) is 0 Å². The first-order chi connectivity index (χ1) is 8.52. The van der Waals surface area contributed by atoms with Crippen LogP contribution >= 0.6 is 31.9 Å². The molecule has 0 spiro atoms. The summed E-state index contributed by atoms with van der Waals surface area (Å²) in [5.74, 6) is 1.16. The summed E-state index contributed by atoms with van der Waals surface area (Å²) in [5, 5.41) is 0.